The third-order valence-electron chi connectivity index (χ3n) is 3.02. The van der Waals surface area contributed by atoms with Crippen LogP contribution in [0.1, 0.15) is 36.8 Å². The van der Waals surface area contributed by atoms with E-state index in [4.69, 9.17) is 14.4 Å². The molecule has 5 heteroatoms. The number of carboxylic acid groups (broad SMARTS) is 1. The molecule has 0 aliphatic heterocycles. The molecule has 1 heterocycles. The molecule has 2 aromatic rings. The van der Waals surface area contributed by atoms with Gasteiger partial charge in [-0.2, -0.15) is 0 Å². The van der Waals surface area contributed by atoms with E-state index in [-0.39, 0.29) is 11.1 Å². The van der Waals surface area contributed by atoms with Crippen molar-refractivity contribution in [1.82, 2.24) is 5.16 Å². The highest BCUT2D eigenvalue weighted by molar-refractivity contribution is 5.86. The van der Waals surface area contributed by atoms with E-state index in [9.17, 15) is 4.79 Å². The van der Waals surface area contributed by atoms with Gasteiger partial charge in [-0.15, -0.1) is 0 Å². The summed E-state index contributed by atoms with van der Waals surface area (Å²) in [6, 6.07) is 7.01. The van der Waals surface area contributed by atoms with Crippen LogP contribution in [0.15, 0.2) is 28.8 Å². The molecule has 0 amide bonds. The molecule has 0 unspecified atom stereocenters. The van der Waals surface area contributed by atoms with Crippen molar-refractivity contribution < 1.29 is 19.2 Å². The lowest BCUT2D eigenvalue weighted by atomic mass is 9.85. The van der Waals surface area contributed by atoms with Crippen LogP contribution in [0.3, 0.4) is 0 Å². The zero-order valence-electron chi connectivity index (χ0n) is 11.9. The molecule has 20 heavy (non-hydrogen) atoms. The van der Waals surface area contributed by atoms with Crippen LogP contribution in [-0.2, 0) is 5.41 Å². The Bertz CT molecular complexity index is 638. The number of carbonyl (C=O) groups is 1. The van der Waals surface area contributed by atoms with Gasteiger partial charge in [-0.1, -0.05) is 25.9 Å². The Morgan fingerprint density at radius 2 is 2.00 bits per heavy atom. The fourth-order valence-corrected chi connectivity index (χ4v) is 1.96. The van der Waals surface area contributed by atoms with Crippen LogP contribution in [-0.4, -0.2) is 23.3 Å². The number of hydrogen-bond acceptors (Lipinski definition) is 4. The van der Waals surface area contributed by atoms with Crippen LogP contribution in [0.25, 0.3) is 11.3 Å². The van der Waals surface area contributed by atoms with Crippen molar-refractivity contribution in [3.63, 3.8) is 0 Å². The van der Waals surface area contributed by atoms with Gasteiger partial charge in [0.15, 0.2) is 11.5 Å². The highest BCUT2D eigenvalue weighted by Crippen LogP contribution is 2.35. The largest absolute Gasteiger partial charge is 0.496 e. The van der Waals surface area contributed by atoms with Crippen molar-refractivity contribution in [3.05, 3.63) is 35.5 Å². The zero-order chi connectivity index (χ0) is 14.9. The number of rotatable bonds is 3. The van der Waals surface area contributed by atoms with Gasteiger partial charge in [-0.3, -0.25) is 0 Å². The first-order valence-electron chi connectivity index (χ1n) is 6.22. The molecule has 1 N–H and O–H groups in total. The number of benzene rings is 1. The molecule has 1 aromatic carbocycles. The molecular formula is C15H17NO4. The van der Waals surface area contributed by atoms with Gasteiger partial charge >= 0.3 is 5.97 Å². The van der Waals surface area contributed by atoms with Gasteiger partial charge in [0, 0.05) is 17.2 Å². The molecule has 0 fully saturated rings. The second kappa shape index (κ2) is 5.00. The molecular weight excluding hydrogens is 258 g/mol. The Morgan fingerprint density at radius 1 is 1.30 bits per heavy atom. The first kappa shape index (κ1) is 14.1. The quantitative estimate of drug-likeness (QED) is 0.930. The minimum Gasteiger partial charge on any atom is -0.496 e. The zero-order valence-corrected chi connectivity index (χ0v) is 11.9. The van der Waals surface area contributed by atoms with Crippen LogP contribution in [0, 0.1) is 0 Å². The summed E-state index contributed by atoms with van der Waals surface area (Å²) < 4.78 is 10.4. The molecule has 0 atom stereocenters. The van der Waals surface area contributed by atoms with Crippen molar-refractivity contribution in [2.24, 2.45) is 0 Å². The van der Waals surface area contributed by atoms with E-state index in [0.29, 0.717) is 5.76 Å². The summed E-state index contributed by atoms with van der Waals surface area (Å²) in [6.07, 6.45) is 0. The maximum absolute atomic E-state index is 10.8. The monoisotopic (exact) mass is 275 g/mol. The minimum atomic E-state index is -1.11. The van der Waals surface area contributed by atoms with Gasteiger partial charge in [-0.05, 0) is 23.6 Å². The number of nitrogens with zero attached hydrogens (tertiary/aromatic N) is 1. The maximum atomic E-state index is 10.8. The highest BCUT2D eigenvalue weighted by atomic mass is 16.5. The standard InChI is InChI=1S/C15H17NO4/c1-15(2,3)10-7-9(5-6-12(10)19-4)13-8-11(14(17)18)16-20-13/h5-8H,1-4H3,(H,17,18). The Kier molecular flexibility index (Phi) is 3.53. The van der Waals surface area contributed by atoms with E-state index in [0.717, 1.165) is 16.9 Å². The number of carboxylic acids is 1. The molecule has 0 radical (unpaired) electrons. The van der Waals surface area contributed by atoms with Gasteiger partial charge in [0.2, 0.25) is 0 Å². The SMILES string of the molecule is COc1ccc(-c2cc(C(=O)O)no2)cc1C(C)(C)C. The number of methoxy groups -OCH3 is 1. The Labute approximate surface area is 117 Å². The average Bonchev–Trinajstić information content (AvgIpc) is 2.86. The number of ether oxygens (including phenoxy) is 1. The molecule has 106 valence electrons. The Morgan fingerprint density at radius 3 is 2.50 bits per heavy atom. The minimum absolute atomic E-state index is 0.100. The lowest BCUT2D eigenvalue weighted by molar-refractivity contribution is 0.0686. The van der Waals surface area contributed by atoms with Crippen LogP contribution in [0.2, 0.25) is 0 Å². The lowest BCUT2D eigenvalue weighted by Gasteiger charge is -2.22. The fraction of sp³-hybridized carbons (Fsp3) is 0.333. The van der Waals surface area contributed by atoms with E-state index in [1.54, 1.807) is 7.11 Å². The smallest absolute Gasteiger partial charge is 0.358 e. The van der Waals surface area contributed by atoms with Crippen LogP contribution < -0.4 is 4.74 Å². The van der Waals surface area contributed by atoms with Crippen LogP contribution >= 0.6 is 0 Å². The average molecular weight is 275 g/mol. The van der Waals surface area contributed by atoms with Gasteiger partial charge < -0.3 is 14.4 Å². The van der Waals surface area contributed by atoms with E-state index >= 15 is 0 Å². The Hall–Kier alpha value is -2.30. The van der Waals surface area contributed by atoms with Crippen LogP contribution in [0.4, 0.5) is 0 Å². The van der Waals surface area contributed by atoms with Gasteiger partial charge in [0.25, 0.3) is 0 Å². The third-order valence-corrected chi connectivity index (χ3v) is 3.02. The summed E-state index contributed by atoms with van der Waals surface area (Å²) in [6.45, 7) is 6.24. The van der Waals surface area contributed by atoms with E-state index in [1.807, 2.05) is 18.2 Å². The fourth-order valence-electron chi connectivity index (χ4n) is 1.96. The lowest BCUT2D eigenvalue weighted by Crippen LogP contribution is -2.12. The summed E-state index contributed by atoms with van der Waals surface area (Å²) in [5.41, 5.74) is 1.59. The molecule has 2 rings (SSSR count). The second-order valence-electron chi connectivity index (χ2n) is 5.55. The van der Waals surface area contributed by atoms with Gasteiger partial charge in [0.1, 0.15) is 5.75 Å². The third kappa shape index (κ3) is 2.66. The number of aromatic carboxylic acids is 1. The molecule has 0 aliphatic rings. The van der Waals surface area contributed by atoms with E-state index in [2.05, 4.69) is 25.9 Å². The number of aromatic nitrogens is 1. The molecule has 0 bridgehead atoms. The highest BCUT2D eigenvalue weighted by Gasteiger charge is 2.21. The van der Waals surface area contributed by atoms with E-state index in [1.165, 1.54) is 6.07 Å². The topological polar surface area (TPSA) is 72.6 Å². The molecule has 5 nitrogen and oxygen atoms in total. The van der Waals surface area contributed by atoms with Crippen molar-refractivity contribution in [2.45, 2.75) is 26.2 Å². The summed E-state index contributed by atoms with van der Waals surface area (Å²) in [7, 11) is 1.63. The predicted octanol–water partition coefficient (Wildman–Crippen LogP) is 3.35. The summed E-state index contributed by atoms with van der Waals surface area (Å²) in [5, 5.41) is 12.4. The van der Waals surface area contributed by atoms with Crippen molar-refractivity contribution in [2.75, 3.05) is 7.11 Å². The summed E-state index contributed by atoms with van der Waals surface area (Å²) in [4.78, 5) is 10.8. The van der Waals surface area contributed by atoms with Gasteiger partial charge in [0.05, 0.1) is 7.11 Å². The first-order chi connectivity index (χ1) is 9.32. The molecule has 1 aromatic heterocycles. The van der Waals surface area contributed by atoms with E-state index < -0.39 is 5.97 Å². The summed E-state index contributed by atoms with van der Waals surface area (Å²) >= 11 is 0. The van der Waals surface area contributed by atoms with Gasteiger partial charge in [-0.25, -0.2) is 4.79 Å². The normalized spacial score (nSPS) is 11.4. The number of hydrogen-bond donors (Lipinski definition) is 1. The van der Waals surface area contributed by atoms with Crippen molar-refractivity contribution in [3.8, 4) is 17.1 Å². The molecule has 0 saturated carbocycles. The Balaban J connectivity index is 2.50. The van der Waals surface area contributed by atoms with Crippen LogP contribution in [0.5, 0.6) is 5.75 Å². The molecule has 0 aliphatic carbocycles. The second-order valence-corrected chi connectivity index (χ2v) is 5.55. The van der Waals surface area contributed by atoms with Crippen molar-refractivity contribution >= 4 is 5.97 Å². The molecule has 0 saturated heterocycles. The maximum Gasteiger partial charge on any atom is 0.358 e. The van der Waals surface area contributed by atoms with Crippen molar-refractivity contribution in [1.29, 1.82) is 0 Å². The first-order valence-corrected chi connectivity index (χ1v) is 6.22. The summed E-state index contributed by atoms with van der Waals surface area (Å²) in [5.74, 6) is 0.110. The molecule has 0 spiro atoms. The predicted molar refractivity (Wildman–Crippen MR) is 74.2 cm³/mol.